The number of carbonyl (C=O) groups is 1. The third-order valence-corrected chi connectivity index (χ3v) is 3.05. The molecule has 0 aliphatic carbocycles. The standard InChI is InChI=1S/C15H20N6O2S/c1-4-23-12-7-5-6-11(8-12)13(22)16-15(24)17-14-18-20-21(19-14)9-10(2)3/h5-8,10H,4,9H2,1-3H3,(H2,16,17,19,22,24). The second kappa shape index (κ2) is 8.34. The molecule has 1 heterocycles. The molecule has 9 heteroatoms. The molecule has 0 saturated carbocycles. The van der Waals surface area contributed by atoms with Crippen LogP contribution in [0.15, 0.2) is 24.3 Å². The molecular formula is C15H20N6O2S. The van der Waals surface area contributed by atoms with Gasteiger partial charge in [-0.2, -0.15) is 4.80 Å². The van der Waals surface area contributed by atoms with E-state index in [2.05, 4.69) is 39.9 Å². The molecule has 0 unspecified atom stereocenters. The van der Waals surface area contributed by atoms with Crippen LogP contribution < -0.4 is 15.4 Å². The van der Waals surface area contributed by atoms with Gasteiger partial charge in [-0.1, -0.05) is 25.0 Å². The molecule has 1 aromatic heterocycles. The van der Waals surface area contributed by atoms with Gasteiger partial charge in [0.25, 0.3) is 11.9 Å². The first kappa shape index (κ1) is 17.8. The van der Waals surface area contributed by atoms with Gasteiger partial charge in [-0.15, -0.1) is 5.10 Å². The number of ether oxygens (including phenoxy) is 1. The number of amides is 1. The average molecular weight is 348 g/mol. The van der Waals surface area contributed by atoms with Crippen molar-refractivity contribution in [2.75, 3.05) is 11.9 Å². The molecule has 128 valence electrons. The van der Waals surface area contributed by atoms with E-state index in [1.54, 1.807) is 24.3 Å². The molecule has 0 radical (unpaired) electrons. The number of benzene rings is 1. The van der Waals surface area contributed by atoms with E-state index in [0.29, 0.717) is 30.4 Å². The van der Waals surface area contributed by atoms with Crippen molar-refractivity contribution in [2.45, 2.75) is 27.3 Å². The third-order valence-electron chi connectivity index (χ3n) is 2.84. The summed E-state index contributed by atoms with van der Waals surface area (Å²) in [5.41, 5.74) is 0.446. The first-order valence-corrected chi connectivity index (χ1v) is 8.01. The van der Waals surface area contributed by atoms with Gasteiger partial charge in [0.1, 0.15) is 5.75 Å². The Kier molecular flexibility index (Phi) is 6.19. The number of aromatic nitrogens is 4. The second-order valence-electron chi connectivity index (χ2n) is 5.43. The maximum absolute atomic E-state index is 12.2. The summed E-state index contributed by atoms with van der Waals surface area (Å²) in [5.74, 6) is 0.922. The summed E-state index contributed by atoms with van der Waals surface area (Å²) in [6.07, 6.45) is 0. The second-order valence-corrected chi connectivity index (χ2v) is 5.84. The lowest BCUT2D eigenvalue weighted by atomic mass is 10.2. The van der Waals surface area contributed by atoms with Gasteiger partial charge in [0.15, 0.2) is 5.11 Å². The van der Waals surface area contributed by atoms with E-state index in [9.17, 15) is 4.79 Å². The zero-order chi connectivity index (χ0) is 17.5. The average Bonchev–Trinajstić information content (AvgIpc) is 2.93. The number of anilines is 1. The first-order chi connectivity index (χ1) is 11.5. The highest BCUT2D eigenvalue weighted by molar-refractivity contribution is 7.80. The number of hydrogen-bond acceptors (Lipinski definition) is 6. The molecule has 2 N–H and O–H groups in total. The molecule has 1 aromatic carbocycles. The summed E-state index contributed by atoms with van der Waals surface area (Å²) >= 11 is 5.10. The zero-order valence-electron chi connectivity index (χ0n) is 13.8. The predicted octanol–water partition coefficient (Wildman–Crippen LogP) is 1.85. The Morgan fingerprint density at radius 3 is 2.92 bits per heavy atom. The summed E-state index contributed by atoms with van der Waals surface area (Å²) in [4.78, 5) is 13.7. The topological polar surface area (TPSA) is 94.0 Å². The minimum Gasteiger partial charge on any atom is -0.494 e. The molecular weight excluding hydrogens is 328 g/mol. The van der Waals surface area contributed by atoms with E-state index in [1.807, 2.05) is 6.92 Å². The molecule has 0 aliphatic rings. The summed E-state index contributed by atoms with van der Waals surface area (Å²) < 4.78 is 5.37. The van der Waals surface area contributed by atoms with E-state index in [0.717, 1.165) is 0 Å². The number of thiocarbonyl (C=S) groups is 1. The van der Waals surface area contributed by atoms with E-state index in [-0.39, 0.29) is 17.0 Å². The number of rotatable bonds is 6. The monoisotopic (exact) mass is 348 g/mol. The number of nitrogens with zero attached hydrogens (tertiary/aromatic N) is 4. The Morgan fingerprint density at radius 1 is 1.42 bits per heavy atom. The molecule has 0 fully saturated rings. The molecule has 0 aliphatic heterocycles. The minimum atomic E-state index is -0.344. The molecule has 2 rings (SSSR count). The maximum atomic E-state index is 12.2. The van der Waals surface area contributed by atoms with Gasteiger partial charge in [-0.3, -0.25) is 15.4 Å². The number of hydrogen-bond donors (Lipinski definition) is 2. The molecule has 0 saturated heterocycles. The highest BCUT2D eigenvalue weighted by atomic mass is 32.1. The molecule has 1 amide bonds. The SMILES string of the molecule is CCOc1cccc(C(=O)NC(=S)Nc2nnn(CC(C)C)n2)c1. The molecule has 0 atom stereocenters. The lowest BCUT2D eigenvalue weighted by Gasteiger charge is -2.08. The lowest BCUT2D eigenvalue weighted by Crippen LogP contribution is -2.34. The van der Waals surface area contributed by atoms with Crippen LogP contribution in [-0.2, 0) is 6.54 Å². The highest BCUT2D eigenvalue weighted by Gasteiger charge is 2.11. The summed E-state index contributed by atoms with van der Waals surface area (Å²) in [6.45, 7) is 7.17. The van der Waals surface area contributed by atoms with Crippen molar-refractivity contribution in [2.24, 2.45) is 5.92 Å². The fraction of sp³-hybridized carbons (Fsp3) is 0.400. The first-order valence-electron chi connectivity index (χ1n) is 7.61. The van der Waals surface area contributed by atoms with E-state index in [1.165, 1.54) is 4.80 Å². The molecule has 8 nitrogen and oxygen atoms in total. The van der Waals surface area contributed by atoms with E-state index >= 15 is 0 Å². The smallest absolute Gasteiger partial charge is 0.269 e. The van der Waals surface area contributed by atoms with Crippen LogP contribution in [-0.4, -0.2) is 37.8 Å². The Balaban J connectivity index is 1.93. The zero-order valence-corrected chi connectivity index (χ0v) is 14.6. The van der Waals surface area contributed by atoms with Gasteiger partial charge in [0.05, 0.1) is 13.2 Å². The number of carbonyl (C=O) groups excluding carboxylic acids is 1. The van der Waals surface area contributed by atoms with Crippen LogP contribution in [0.2, 0.25) is 0 Å². The van der Waals surface area contributed by atoms with Crippen LogP contribution in [0.1, 0.15) is 31.1 Å². The quantitative estimate of drug-likeness (QED) is 0.769. The van der Waals surface area contributed by atoms with Crippen molar-refractivity contribution >= 4 is 29.2 Å². The van der Waals surface area contributed by atoms with Crippen molar-refractivity contribution in [1.29, 1.82) is 0 Å². The van der Waals surface area contributed by atoms with Crippen LogP contribution in [0.3, 0.4) is 0 Å². The van der Waals surface area contributed by atoms with Crippen molar-refractivity contribution < 1.29 is 9.53 Å². The van der Waals surface area contributed by atoms with Gasteiger partial charge in [-0.25, -0.2) is 0 Å². The fourth-order valence-corrected chi connectivity index (χ4v) is 2.08. The van der Waals surface area contributed by atoms with Crippen molar-refractivity contribution in [3.63, 3.8) is 0 Å². The van der Waals surface area contributed by atoms with Gasteiger partial charge < -0.3 is 4.74 Å². The molecule has 24 heavy (non-hydrogen) atoms. The lowest BCUT2D eigenvalue weighted by molar-refractivity contribution is 0.0977. The Bertz CT molecular complexity index is 715. The fourth-order valence-electron chi connectivity index (χ4n) is 1.90. The van der Waals surface area contributed by atoms with Crippen molar-refractivity contribution in [3.05, 3.63) is 29.8 Å². The van der Waals surface area contributed by atoms with Crippen molar-refractivity contribution in [1.82, 2.24) is 25.5 Å². The van der Waals surface area contributed by atoms with Crippen molar-refractivity contribution in [3.8, 4) is 5.75 Å². The van der Waals surface area contributed by atoms with Crippen LogP contribution in [0.5, 0.6) is 5.75 Å². The third kappa shape index (κ3) is 5.27. The van der Waals surface area contributed by atoms with Crippen LogP contribution in [0.25, 0.3) is 0 Å². The number of nitrogens with one attached hydrogen (secondary N) is 2. The van der Waals surface area contributed by atoms with Crippen LogP contribution in [0.4, 0.5) is 5.95 Å². The van der Waals surface area contributed by atoms with Crippen LogP contribution >= 0.6 is 12.2 Å². The summed E-state index contributed by atoms with van der Waals surface area (Å²) in [7, 11) is 0. The normalized spacial score (nSPS) is 10.5. The predicted molar refractivity (Wildman–Crippen MR) is 94.0 cm³/mol. The van der Waals surface area contributed by atoms with E-state index in [4.69, 9.17) is 17.0 Å². The van der Waals surface area contributed by atoms with Gasteiger partial charge in [0.2, 0.25) is 0 Å². The molecule has 0 spiro atoms. The number of tetrazole rings is 1. The highest BCUT2D eigenvalue weighted by Crippen LogP contribution is 2.13. The minimum absolute atomic E-state index is 0.103. The van der Waals surface area contributed by atoms with Gasteiger partial charge in [-0.05, 0) is 48.5 Å². The van der Waals surface area contributed by atoms with E-state index < -0.39 is 0 Å². The largest absolute Gasteiger partial charge is 0.494 e. The molecule has 0 bridgehead atoms. The Hall–Kier alpha value is -2.55. The van der Waals surface area contributed by atoms with Crippen LogP contribution in [0, 0.1) is 5.92 Å². The Labute approximate surface area is 145 Å². The maximum Gasteiger partial charge on any atom is 0.269 e. The van der Waals surface area contributed by atoms with Gasteiger partial charge >= 0.3 is 0 Å². The molecule has 2 aromatic rings. The Morgan fingerprint density at radius 2 is 2.21 bits per heavy atom. The van der Waals surface area contributed by atoms with Gasteiger partial charge in [0, 0.05) is 5.56 Å². The summed E-state index contributed by atoms with van der Waals surface area (Å²) in [6, 6.07) is 6.86. The summed E-state index contributed by atoms with van der Waals surface area (Å²) in [5, 5.41) is 17.3.